The van der Waals surface area contributed by atoms with Crippen LogP contribution in [0.4, 0.5) is 0 Å². The van der Waals surface area contributed by atoms with Gasteiger partial charge < -0.3 is 9.84 Å². The number of carbonyl (C=O) groups is 2. The van der Waals surface area contributed by atoms with Crippen molar-refractivity contribution < 1.29 is 24.3 Å². The molecule has 102 valence electrons. The summed E-state index contributed by atoms with van der Waals surface area (Å²) in [6, 6.07) is 9.23. The summed E-state index contributed by atoms with van der Waals surface area (Å²) in [6.45, 7) is -0.383. The predicted molar refractivity (Wildman–Crippen MR) is 64.5 cm³/mol. The number of methoxy groups -OCH3 is 1. The van der Waals surface area contributed by atoms with E-state index >= 15 is 0 Å². The van der Waals surface area contributed by atoms with Gasteiger partial charge in [-0.05, 0) is 5.56 Å². The second-order valence-electron chi connectivity index (χ2n) is 4.31. The first kappa shape index (κ1) is 13.5. The van der Waals surface area contributed by atoms with Crippen LogP contribution in [-0.2, 0) is 25.8 Å². The number of amides is 1. The zero-order valence-electron chi connectivity index (χ0n) is 10.5. The number of rotatable bonds is 5. The zero-order chi connectivity index (χ0) is 13.9. The summed E-state index contributed by atoms with van der Waals surface area (Å²) in [5, 5.41) is 10.3. The molecule has 1 N–H and O–H groups in total. The molecule has 1 aromatic carbocycles. The van der Waals surface area contributed by atoms with E-state index < -0.39 is 18.1 Å². The molecular formula is C13H15NO5. The molecule has 1 aliphatic heterocycles. The first-order valence-electron chi connectivity index (χ1n) is 5.83. The monoisotopic (exact) mass is 265 g/mol. The second kappa shape index (κ2) is 5.38. The molecule has 0 saturated carbocycles. The summed E-state index contributed by atoms with van der Waals surface area (Å²) in [5.74, 6) is -1.03. The molecule has 19 heavy (non-hydrogen) atoms. The smallest absolute Gasteiger partial charge is 0.337 e. The van der Waals surface area contributed by atoms with E-state index in [9.17, 15) is 14.7 Å². The molecule has 1 aromatic rings. The highest BCUT2D eigenvalue weighted by Crippen LogP contribution is 2.33. The highest BCUT2D eigenvalue weighted by atomic mass is 16.7. The number of esters is 1. The number of carbonyl (C=O) groups excluding carboxylic acids is 2. The Hall–Kier alpha value is -1.92. The van der Waals surface area contributed by atoms with Gasteiger partial charge in [-0.25, -0.2) is 9.86 Å². The molecule has 0 radical (unpaired) electrons. The molecule has 0 spiro atoms. The zero-order valence-corrected chi connectivity index (χ0v) is 10.5. The number of β-lactam (4-membered cyclic amide) rings is 1. The Kier molecular flexibility index (Phi) is 3.82. The summed E-state index contributed by atoms with van der Waals surface area (Å²) in [4.78, 5) is 28.5. The number of aliphatic hydroxyl groups is 1. The number of hydrogen-bond donors (Lipinski definition) is 1. The van der Waals surface area contributed by atoms with E-state index in [0.717, 1.165) is 10.6 Å². The van der Waals surface area contributed by atoms with Gasteiger partial charge in [0.2, 0.25) is 0 Å². The molecule has 0 aliphatic carbocycles. The van der Waals surface area contributed by atoms with Crippen molar-refractivity contribution in [3.8, 4) is 0 Å². The van der Waals surface area contributed by atoms with E-state index in [1.54, 1.807) is 0 Å². The standard InChI is InChI=1S/C13H15NO5/c1-18-12(17)13(9-15)7-11(16)14(13)19-8-10-5-3-2-4-6-10/h2-6,15H,7-9H2,1H3. The van der Waals surface area contributed by atoms with E-state index in [4.69, 9.17) is 4.84 Å². The van der Waals surface area contributed by atoms with E-state index in [-0.39, 0.29) is 18.9 Å². The summed E-state index contributed by atoms with van der Waals surface area (Å²) in [5.41, 5.74) is -0.542. The Balaban J connectivity index is 2.05. The van der Waals surface area contributed by atoms with Gasteiger partial charge in [-0.15, -0.1) is 0 Å². The average molecular weight is 265 g/mol. The van der Waals surface area contributed by atoms with Crippen molar-refractivity contribution in [3.63, 3.8) is 0 Å². The van der Waals surface area contributed by atoms with E-state index in [1.807, 2.05) is 30.3 Å². The summed E-state index contributed by atoms with van der Waals surface area (Å²) >= 11 is 0. The summed E-state index contributed by atoms with van der Waals surface area (Å²) in [7, 11) is 1.21. The fraction of sp³-hybridized carbons (Fsp3) is 0.385. The van der Waals surface area contributed by atoms with Crippen molar-refractivity contribution in [2.24, 2.45) is 0 Å². The molecule has 1 fully saturated rings. The van der Waals surface area contributed by atoms with Crippen LogP contribution in [0.3, 0.4) is 0 Å². The number of benzene rings is 1. The normalized spacial score (nSPS) is 22.0. The van der Waals surface area contributed by atoms with Crippen molar-refractivity contribution in [2.45, 2.75) is 18.6 Å². The Morgan fingerprint density at radius 2 is 2.11 bits per heavy atom. The molecule has 1 amide bonds. The number of hydroxylamine groups is 2. The van der Waals surface area contributed by atoms with Crippen LogP contribution in [0, 0.1) is 0 Å². The van der Waals surface area contributed by atoms with Crippen LogP contribution in [0.25, 0.3) is 0 Å². The van der Waals surface area contributed by atoms with E-state index in [1.165, 1.54) is 7.11 Å². The van der Waals surface area contributed by atoms with Crippen LogP contribution >= 0.6 is 0 Å². The van der Waals surface area contributed by atoms with Crippen LogP contribution in [0.5, 0.6) is 0 Å². The van der Waals surface area contributed by atoms with Crippen LogP contribution in [0.15, 0.2) is 30.3 Å². The Bertz CT molecular complexity index is 475. The number of aliphatic hydroxyl groups excluding tert-OH is 1. The Labute approximate surface area is 110 Å². The van der Waals surface area contributed by atoms with Gasteiger partial charge in [-0.1, -0.05) is 30.3 Å². The second-order valence-corrected chi connectivity index (χ2v) is 4.31. The van der Waals surface area contributed by atoms with Crippen molar-refractivity contribution in [1.29, 1.82) is 0 Å². The van der Waals surface area contributed by atoms with Crippen LogP contribution in [0.1, 0.15) is 12.0 Å². The van der Waals surface area contributed by atoms with Crippen LogP contribution in [-0.4, -0.2) is 41.3 Å². The van der Waals surface area contributed by atoms with Crippen molar-refractivity contribution in [3.05, 3.63) is 35.9 Å². The van der Waals surface area contributed by atoms with Gasteiger partial charge in [0.1, 0.15) is 6.61 Å². The molecule has 1 atom stereocenters. The minimum absolute atomic E-state index is 0.106. The van der Waals surface area contributed by atoms with Crippen molar-refractivity contribution in [1.82, 2.24) is 5.06 Å². The van der Waals surface area contributed by atoms with Gasteiger partial charge in [-0.2, -0.15) is 0 Å². The molecular weight excluding hydrogens is 250 g/mol. The van der Waals surface area contributed by atoms with Crippen molar-refractivity contribution in [2.75, 3.05) is 13.7 Å². The maximum Gasteiger partial charge on any atom is 0.337 e. The lowest BCUT2D eigenvalue weighted by atomic mass is 9.87. The first-order chi connectivity index (χ1) is 9.14. The third-order valence-corrected chi connectivity index (χ3v) is 3.09. The fourth-order valence-corrected chi connectivity index (χ4v) is 1.98. The van der Waals surface area contributed by atoms with Gasteiger partial charge in [0, 0.05) is 0 Å². The SMILES string of the molecule is COC(=O)C1(CO)CC(=O)N1OCc1ccccc1. The van der Waals surface area contributed by atoms with Gasteiger partial charge in [0.05, 0.1) is 20.1 Å². The lowest BCUT2D eigenvalue weighted by molar-refractivity contribution is -0.269. The molecule has 1 heterocycles. The average Bonchev–Trinajstić information content (AvgIpc) is 2.44. The maximum absolute atomic E-state index is 11.7. The highest BCUT2D eigenvalue weighted by Gasteiger charge is 2.59. The number of nitrogens with zero attached hydrogens (tertiary/aromatic N) is 1. The predicted octanol–water partition coefficient (Wildman–Crippen LogP) is 0.255. The van der Waals surface area contributed by atoms with Gasteiger partial charge in [-0.3, -0.25) is 9.63 Å². The van der Waals surface area contributed by atoms with E-state index in [0.29, 0.717) is 0 Å². The van der Waals surface area contributed by atoms with E-state index in [2.05, 4.69) is 4.74 Å². The highest BCUT2D eigenvalue weighted by molar-refractivity contribution is 5.98. The molecule has 1 saturated heterocycles. The topological polar surface area (TPSA) is 76.1 Å². The number of hydrogen-bond acceptors (Lipinski definition) is 5. The lowest BCUT2D eigenvalue weighted by Gasteiger charge is -2.46. The van der Waals surface area contributed by atoms with Gasteiger partial charge in [0.25, 0.3) is 5.91 Å². The van der Waals surface area contributed by atoms with Crippen LogP contribution < -0.4 is 0 Å². The van der Waals surface area contributed by atoms with Crippen LogP contribution in [0.2, 0.25) is 0 Å². The molecule has 1 aliphatic rings. The molecule has 2 rings (SSSR count). The molecule has 0 aromatic heterocycles. The van der Waals surface area contributed by atoms with Gasteiger partial charge in [0.15, 0.2) is 5.54 Å². The Morgan fingerprint density at radius 1 is 1.42 bits per heavy atom. The molecule has 6 nitrogen and oxygen atoms in total. The summed E-state index contributed by atoms with van der Waals surface area (Å²) < 4.78 is 4.61. The summed E-state index contributed by atoms with van der Waals surface area (Å²) in [6.07, 6.45) is -0.106. The molecule has 0 bridgehead atoms. The minimum atomic E-state index is -1.40. The largest absolute Gasteiger partial charge is 0.467 e. The lowest BCUT2D eigenvalue weighted by Crippen LogP contribution is -2.69. The Morgan fingerprint density at radius 3 is 2.63 bits per heavy atom. The third-order valence-electron chi connectivity index (χ3n) is 3.09. The molecule has 6 heteroatoms. The quantitative estimate of drug-likeness (QED) is 0.610. The number of ether oxygens (including phenoxy) is 1. The van der Waals surface area contributed by atoms with Crippen molar-refractivity contribution >= 4 is 11.9 Å². The molecule has 1 unspecified atom stereocenters. The third kappa shape index (κ3) is 2.32. The first-order valence-corrected chi connectivity index (χ1v) is 5.83. The minimum Gasteiger partial charge on any atom is -0.467 e. The fourth-order valence-electron chi connectivity index (χ4n) is 1.98. The van der Waals surface area contributed by atoms with Gasteiger partial charge >= 0.3 is 5.97 Å². The maximum atomic E-state index is 11.7.